The Labute approximate surface area is 117 Å². The zero-order chi connectivity index (χ0) is 14.6. The third-order valence-electron chi connectivity index (χ3n) is 4.23. The van der Waals surface area contributed by atoms with Gasteiger partial charge in [0.2, 0.25) is 0 Å². The molecule has 112 valence electrons. The van der Waals surface area contributed by atoms with E-state index in [1.165, 1.54) is 5.56 Å². The smallest absolute Gasteiger partial charge is 0.390 e. The van der Waals surface area contributed by atoms with Gasteiger partial charge in [0.05, 0.1) is 11.5 Å². The van der Waals surface area contributed by atoms with Gasteiger partial charge in [-0.15, -0.1) is 0 Å². The van der Waals surface area contributed by atoms with Gasteiger partial charge in [-0.3, -0.25) is 0 Å². The van der Waals surface area contributed by atoms with Crippen molar-refractivity contribution in [3.05, 3.63) is 35.9 Å². The summed E-state index contributed by atoms with van der Waals surface area (Å²) in [6.07, 6.45) is -1.20. The molecule has 0 amide bonds. The molecule has 0 saturated heterocycles. The summed E-state index contributed by atoms with van der Waals surface area (Å²) in [5.74, 6) is -1.34. The molecule has 0 heterocycles. The average Bonchev–Trinajstić information content (AvgIpc) is 2.39. The van der Waals surface area contributed by atoms with Crippen LogP contribution in [0.1, 0.15) is 44.1 Å². The first-order valence-corrected chi connectivity index (χ1v) is 7.22. The number of benzene rings is 1. The van der Waals surface area contributed by atoms with Gasteiger partial charge in [0.15, 0.2) is 0 Å². The first-order chi connectivity index (χ1) is 9.39. The molecule has 1 aliphatic carbocycles. The van der Waals surface area contributed by atoms with E-state index in [0.717, 1.165) is 12.8 Å². The van der Waals surface area contributed by atoms with E-state index in [1.54, 1.807) is 0 Å². The lowest BCUT2D eigenvalue weighted by molar-refractivity contribution is -0.201. The molecule has 1 saturated carbocycles. The monoisotopic (exact) mass is 286 g/mol. The molecule has 1 N–H and O–H groups in total. The Morgan fingerprint density at radius 2 is 1.90 bits per heavy atom. The van der Waals surface area contributed by atoms with Crippen LogP contribution in [-0.4, -0.2) is 16.9 Å². The number of halogens is 3. The van der Waals surface area contributed by atoms with Gasteiger partial charge in [-0.2, -0.15) is 13.2 Å². The van der Waals surface area contributed by atoms with Crippen LogP contribution in [0, 0.1) is 5.92 Å². The number of aliphatic hydroxyl groups is 1. The van der Waals surface area contributed by atoms with Crippen molar-refractivity contribution in [2.45, 2.75) is 56.7 Å². The second kappa shape index (κ2) is 6.17. The van der Waals surface area contributed by atoms with Crippen molar-refractivity contribution in [2.24, 2.45) is 5.92 Å². The summed E-state index contributed by atoms with van der Waals surface area (Å²) >= 11 is 0. The summed E-state index contributed by atoms with van der Waals surface area (Å²) in [5, 5.41) is 10.4. The van der Waals surface area contributed by atoms with Crippen molar-refractivity contribution in [1.82, 2.24) is 0 Å². The Kier molecular flexibility index (Phi) is 4.74. The summed E-state index contributed by atoms with van der Waals surface area (Å²) in [4.78, 5) is 0. The van der Waals surface area contributed by atoms with E-state index in [2.05, 4.69) is 0 Å². The number of rotatable bonds is 4. The van der Waals surface area contributed by atoms with Crippen LogP contribution in [0.3, 0.4) is 0 Å². The molecule has 20 heavy (non-hydrogen) atoms. The van der Waals surface area contributed by atoms with Crippen LogP contribution in [0.5, 0.6) is 0 Å². The highest BCUT2D eigenvalue weighted by Gasteiger charge is 2.46. The van der Waals surface area contributed by atoms with Gasteiger partial charge in [-0.25, -0.2) is 0 Å². The molecule has 0 bridgehead atoms. The third-order valence-corrected chi connectivity index (χ3v) is 4.23. The molecule has 1 aliphatic rings. The predicted octanol–water partition coefficient (Wildman–Crippen LogP) is 4.49. The molecule has 0 spiro atoms. The normalized spacial score (nSPS) is 27.5. The van der Waals surface area contributed by atoms with Gasteiger partial charge < -0.3 is 5.11 Å². The summed E-state index contributed by atoms with van der Waals surface area (Å²) in [6.45, 7) is 0. The van der Waals surface area contributed by atoms with Crippen molar-refractivity contribution in [2.75, 3.05) is 0 Å². The van der Waals surface area contributed by atoms with Crippen LogP contribution in [0.4, 0.5) is 13.2 Å². The minimum atomic E-state index is -4.17. The van der Waals surface area contributed by atoms with Crippen molar-refractivity contribution < 1.29 is 18.3 Å². The summed E-state index contributed by atoms with van der Waals surface area (Å²) in [7, 11) is 0. The molecule has 2 rings (SSSR count). The van der Waals surface area contributed by atoms with Crippen LogP contribution >= 0.6 is 0 Å². The highest BCUT2D eigenvalue weighted by molar-refractivity contribution is 5.14. The highest BCUT2D eigenvalue weighted by Crippen LogP contribution is 2.43. The minimum Gasteiger partial charge on any atom is -0.390 e. The SMILES string of the molecule is OC1(CCCc2ccccc2)CCCC(C(F)(F)F)C1. The second-order valence-corrected chi connectivity index (χ2v) is 5.90. The van der Waals surface area contributed by atoms with E-state index >= 15 is 0 Å². The fourth-order valence-corrected chi connectivity index (χ4v) is 3.11. The van der Waals surface area contributed by atoms with E-state index in [4.69, 9.17) is 0 Å². The fraction of sp³-hybridized carbons (Fsp3) is 0.625. The number of aryl methyl sites for hydroxylation is 1. The Morgan fingerprint density at radius 3 is 2.55 bits per heavy atom. The van der Waals surface area contributed by atoms with Gasteiger partial charge in [0, 0.05) is 0 Å². The molecule has 0 aliphatic heterocycles. The summed E-state index contributed by atoms with van der Waals surface area (Å²) < 4.78 is 38.3. The Balaban J connectivity index is 1.85. The van der Waals surface area contributed by atoms with Gasteiger partial charge >= 0.3 is 6.18 Å². The molecule has 1 fully saturated rings. The van der Waals surface area contributed by atoms with Crippen molar-refractivity contribution in [3.8, 4) is 0 Å². The number of hydrogen-bond acceptors (Lipinski definition) is 1. The van der Waals surface area contributed by atoms with Gasteiger partial charge in [0.25, 0.3) is 0 Å². The van der Waals surface area contributed by atoms with Crippen molar-refractivity contribution in [1.29, 1.82) is 0 Å². The molecule has 2 unspecified atom stereocenters. The largest absolute Gasteiger partial charge is 0.391 e. The van der Waals surface area contributed by atoms with E-state index in [1.807, 2.05) is 30.3 Å². The maximum atomic E-state index is 12.8. The zero-order valence-electron chi connectivity index (χ0n) is 11.5. The molecular weight excluding hydrogens is 265 g/mol. The zero-order valence-corrected chi connectivity index (χ0v) is 11.5. The third kappa shape index (κ3) is 4.23. The highest BCUT2D eigenvalue weighted by atomic mass is 19.4. The predicted molar refractivity (Wildman–Crippen MR) is 72.3 cm³/mol. The molecule has 1 nitrogen and oxygen atoms in total. The van der Waals surface area contributed by atoms with Crippen LogP contribution < -0.4 is 0 Å². The molecule has 4 heteroatoms. The Bertz CT molecular complexity index is 415. The molecule has 0 aromatic heterocycles. The number of hydrogen-bond donors (Lipinski definition) is 1. The topological polar surface area (TPSA) is 20.2 Å². The number of alkyl halides is 3. The van der Waals surface area contributed by atoms with Crippen LogP contribution in [0.25, 0.3) is 0 Å². The molecule has 1 aromatic rings. The maximum Gasteiger partial charge on any atom is 0.391 e. The molecular formula is C16H21F3O. The summed E-state index contributed by atoms with van der Waals surface area (Å²) in [6, 6.07) is 9.84. The second-order valence-electron chi connectivity index (χ2n) is 5.90. The van der Waals surface area contributed by atoms with Crippen molar-refractivity contribution >= 4 is 0 Å². The lowest BCUT2D eigenvalue weighted by Gasteiger charge is -2.37. The van der Waals surface area contributed by atoms with Gasteiger partial charge in [0.1, 0.15) is 0 Å². The van der Waals surface area contributed by atoms with E-state index in [9.17, 15) is 18.3 Å². The standard InChI is InChI=1S/C16H21F3O/c17-16(18,19)14-9-5-11-15(20,12-14)10-4-8-13-6-2-1-3-7-13/h1-3,6-7,14,20H,4-5,8-12H2. The Morgan fingerprint density at radius 1 is 1.20 bits per heavy atom. The first-order valence-electron chi connectivity index (χ1n) is 7.22. The van der Waals surface area contributed by atoms with Crippen LogP contribution in [0.2, 0.25) is 0 Å². The molecule has 2 atom stereocenters. The fourth-order valence-electron chi connectivity index (χ4n) is 3.11. The minimum absolute atomic E-state index is 0.134. The van der Waals surface area contributed by atoms with Crippen LogP contribution in [0.15, 0.2) is 30.3 Å². The lowest BCUT2D eigenvalue weighted by atomic mass is 9.75. The van der Waals surface area contributed by atoms with E-state index < -0.39 is 17.7 Å². The van der Waals surface area contributed by atoms with E-state index in [-0.39, 0.29) is 12.8 Å². The van der Waals surface area contributed by atoms with Gasteiger partial charge in [-0.1, -0.05) is 30.3 Å². The van der Waals surface area contributed by atoms with Crippen molar-refractivity contribution in [3.63, 3.8) is 0 Å². The average molecular weight is 286 g/mol. The van der Waals surface area contributed by atoms with E-state index in [0.29, 0.717) is 19.3 Å². The quantitative estimate of drug-likeness (QED) is 0.864. The molecule has 1 aromatic carbocycles. The first kappa shape index (κ1) is 15.4. The van der Waals surface area contributed by atoms with Gasteiger partial charge in [-0.05, 0) is 50.5 Å². The maximum absolute atomic E-state index is 12.8. The Hall–Kier alpha value is -1.03. The summed E-state index contributed by atoms with van der Waals surface area (Å²) in [5.41, 5.74) is 0.0343. The molecule has 0 radical (unpaired) electrons. The van der Waals surface area contributed by atoms with Crippen LogP contribution in [-0.2, 0) is 6.42 Å². The lowest BCUT2D eigenvalue weighted by Crippen LogP contribution is -2.40.